The zero-order valence-electron chi connectivity index (χ0n) is 13.0. The highest BCUT2D eigenvalue weighted by Gasteiger charge is 2.17. The van der Waals surface area contributed by atoms with Crippen LogP contribution in [0.3, 0.4) is 0 Å². The molecule has 0 bridgehead atoms. The maximum Gasteiger partial charge on any atom is 0.135 e. The highest BCUT2D eigenvalue weighted by molar-refractivity contribution is 6.35. The van der Waals surface area contributed by atoms with Crippen LogP contribution >= 0.6 is 23.2 Å². The number of piperazine rings is 1. The van der Waals surface area contributed by atoms with Gasteiger partial charge in [-0.15, -0.1) is 0 Å². The van der Waals surface area contributed by atoms with E-state index in [2.05, 4.69) is 32.0 Å². The van der Waals surface area contributed by atoms with E-state index < -0.39 is 0 Å². The second kappa shape index (κ2) is 7.34. The van der Waals surface area contributed by atoms with Gasteiger partial charge in [-0.2, -0.15) is 0 Å². The number of hydrogen-bond acceptors (Lipinski definition) is 5. The van der Waals surface area contributed by atoms with Crippen LogP contribution in [0.4, 0.5) is 17.3 Å². The Balaban J connectivity index is 1.72. The molecule has 0 saturated carbocycles. The third-order valence-corrected chi connectivity index (χ3v) is 4.37. The molecule has 1 aliphatic rings. The molecule has 5 nitrogen and oxygen atoms in total. The summed E-state index contributed by atoms with van der Waals surface area (Å²) in [6.45, 7) is 7.37. The van der Waals surface area contributed by atoms with E-state index in [0.717, 1.165) is 50.0 Å². The summed E-state index contributed by atoms with van der Waals surface area (Å²) in [6.07, 6.45) is 1.58. The normalized spacial score (nSPS) is 15.7. The average molecular weight is 352 g/mol. The molecule has 0 aliphatic carbocycles. The highest BCUT2D eigenvalue weighted by atomic mass is 35.5. The van der Waals surface area contributed by atoms with Gasteiger partial charge in [-0.05, 0) is 24.7 Å². The fraction of sp³-hybridized carbons (Fsp3) is 0.375. The lowest BCUT2D eigenvalue weighted by molar-refractivity contribution is 0.270. The molecule has 1 aromatic heterocycles. The molecule has 23 heavy (non-hydrogen) atoms. The van der Waals surface area contributed by atoms with E-state index >= 15 is 0 Å². The third kappa shape index (κ3) is 4.25. The quantitative estimate of drug-likeness (QED) is 0.910. The molecule has 1 aliphatic heterocycles. The Morgan fingerprint density at radius 2 is 1.70 bits per heavy atom. The highest BCUT2D eigenvalue weighted by Crippen LogP contribution is 2.25. The molecule has 0 amide bonds. The van der Waals surface area contributed by atoms with Gasteiger partial charge in [-0.25, -0.2) is 9.97 Å². The van der Waals surface area contributed by atoms with Crippen LogP contribution in [-0.2, 0) is 0 Å². The van der Waals surface area contributed by atoms with Gasteiger partial charge in [0.1, 0.15) is 18.0 Å². The summed E-state index contributed by atoms with van der Waals surface area (Å²) in [5.74, 6) is 1.66. The summed E-state index contributed by atoms with van der Waals surface area (Å²) < 4.78 is 0. The fourth-order valence-electron chi connectivity index (χ4n) is 2.66. The van der Waals surface area contributed by atoms with Crippen molar-refractivity contribution in [3.63, 3.8) is 0 Å². The number of nitrogens with one attached hydrogen (secondary N) is 1. The van der Waals surface area contributed by atoms with Gasteiger partial charge in [0, 0.05) is 48.0 Å². The van der Waals surface area contributed by atoms with Crippen LogP contribution in [-0.4, -0.2) is 47.6 Å². The predicted octanol–water partition coefficient (Wildman–Crippen LogP) is 3.67. The van der Waals surface area contributed by atoms with Crippen LogP contribution in [0.15, 0.2) is 30.6 Å². The first-order chi connectivity index (χ1) is 11.1. The summed E-state index contributed by atoms with van der Waals surface area (Å²) in [4.78, 5) is 13.4. The molecule has 0 radical (unpaired) electrons. The van der Waals surface area contributed by atoms with E-state index in [4.69, 9.17) is 23.2 Å². The molecule has 2 aromatic rings. The van der Waals surface area contributed by atoms with Crippen LogP contribution < -0.4 is 10.2 Å². The standard InChI is InChI=1S/C16H19Cl2N5/c1-2-22-3-5-23(6-4-22)16-10-15(19-11-20-16)21-14-8-12(17)7-13(18)9-14/h7-11H,2-6H2,1H3,(H,19,20,21). The molecule has 0 unspecified atom stereocenters. The summed E-state index contributed by atoms with van der Waals surface area (Å²) in [5, 5.41) is 4.40. The van der Waals surface area contributed by atoms with Crippen LogP contribution in [0.25, 0.3) is 0 Å². The Morgan fingerprint density at radius 3 is 2.35 bits per heavy atom. The number of likely N-dealkylation sites (N-methyl/N-ethyl adjacent to an activating group) is 1. The number of benzene rings is 1. The van der Waals surface area contributed by atoms with Gasteiger partial charge in [0.2, 0.25) is 0 Å². The van der Waals surface area contributed by atoms with Gasteiger partial charge in [-0.3, -0.25) is 0 Å². The lowest BCUT2D eigenvalue weighted by atomic mass is 10.3. The number of nitrogens with zero attached hydrogens (tertiary/aromatic N) is 4. The molecule has 1 fully saturated rings. The molecule has 0 spiro atoms. The third-order valence-electron chi connectivity index (χ3n) is 3.93. The Hall–Kier alpha value is -1.56. The minimum absolute atomic E-state index is 0.588. The molecular formula is C16H19Cl2N5. The van der Waals surface area contributed by atoms with Crippen molar-refractivity contribution in [3.8, 4) is 0 Å². The molecular weight excluding hydrogens is 333 g/mol. The van der Waals surface area contributed by atoms with Gasteiger partial charge in [0.05, 0.1) is 0 Å². The van der Waals surface area contributed by atoms with E-state index in [1.54, 1.807) is 12.4 Å². The van der Waals surface area contributed by atoms with Crippen LogP contribution in [0.2, 0.25) is 10.0 Å². The van der Waals surface area contributed by atoms with Gasteiger partial charge in [0.15, 0.2) is 0 Å². The number of hydrogen-bond donors (Lipinski definition) is 1. The van der Waals surface area contributed by atoms with Crippen molar-refractivity contribution in [2.24, 2.45) is 0 Å². The summed E-state index contributed by atoms with van der Waals surface area (Å²) in [6, 6.07) is 7.29. The molecule has 1 aromatic carbocycles. The molecule has 0 atom stereocenters. The minimum atomic E-state index is 0.588. The van der Waals surface area contributed by atoms with Crippen LogP contribution in [0, 0.1) is 0 Å². The summed E-state index contributed by atoms with van der Waals surface area (Å²) in [5.41, 5.74) is 0.808. The second-order valence-corrected chi connectivity index (χ2v) is 6.34. The zero-order chi connectivity index (χ0) is 16.2. The SMILES string of the molecule is CCN1CCN(c2cc(Nc3cc(Cl)cc(Cl)c3)ncn2)CC1. The molecule has 2 heterocycles. The first kappa shape index (κ1) is 16.3. The number of aromatic nitrogens is 2. The van der Waals surface area contributed by atoms with Crippen molar-refractivity contribution in [1.29, 1.82) is 0 Å². The van der Waals surface area contributed by atoms with Crippen molar-refractivity contribution in [2.75, 3.05) is 42.9 Å². The average Bonchev–Trinajstić information content (AvgIpc) is 2.54. The smallest absolute Gasteiger partial charge is 0.135 e. The predicted molar refractivity (Wildman–Crippen MR) is 96.1 cm³/mol. The Kier molecular flexibility index (Phi) is 5.20. The van der Waals surface area contributed by atoms with E-state index in [1.807, 2.05) is 18.2 Å². The van der Waals surface area contributed by atoms with Gasteiger partial charge in [-0.1, -0.05) is 30.1 Å². The summed E-state index contributed by atoms with van der Waals surface area (Å²) in [7, 11) is 0. The Morgan fingerprint density at radius 1 is 1.00 bits per heavy atom. The Bertz CT molecular complexity index is 651. The van der Waals surface area contributed by atoms with Gasteiger partial charge < -0.3 is 15.1 Å². The largest absolute Gasteiger partial charge is 0.354 e. The first-order valence-electron chi connectivity index (χ1n) is 7.66. The second-order valence-electron chi connectivity index (χ2n) is 5.47. The number of halogens is 2. The molecule has 1 N–H and O–H groups in total. The minimum Gasteiger partial charge on any atom is -0.354 e. The topological polar surface area (TPSA) is 44.3 Å². The summed E-state index contributed by atoms with van der Waals surface area (Å²) >= 11 is 12.1. The van der Waals surface area contributed by atoms with Gasteiger partial charge >= 0.3 is 0 Å². The van der Waals surface area contributed by atoms with E-state index in [9.17, 15) is 0 Å². The van der Waals surface area contributed by atoms with Crippen molar-refractivity contribution in [2.45, 2.75) is 6.92 Å². The molecule has 1 saturated heterocycles. The van der Waals surface area contributed by atoms with Crippen molar-refractivity contribution in [3.05, 3.63) is 40.6 Å². The van der Waals surface area contributed by atoms with Crippen LogP contribution in [0.5, 0.6) is 0 Å². The monoisotopic (exact) mass is 351 g/mol. The fourth-order valence-corrected chi connectivity index (χ4v) is 3.18. The molecule has 7 heteroatoms. The van der Waals surface area contributed by atoms with Gasteiger partial charge in [0.25, 0.3) is 0 Å². The maximum absolute atomic E-state index is 6.03. The molecule has 3 rings (SSSR count). The van der Waals surface area contributed by atoms with Crippen molar-refractivity contribution >= 4 is 40.5 Å². The Labute approximate surface area is 146 Å². The number of anilines is 3. The number of rotatable bonds is 4. The zero-order valence-corrected chi connectivity index (χ0v) is 14.5. The van der Waals surface area contributed by atoms with E-state index in [0.29, 0.717) is 10.0 Å². The van der Waals surface area contributed by atoms with E-state index in [-0.39, 0.29) is 0 Å². The molecule has 122 valence electrons. The maximum atomic E-state index is 6.03. The lowest BCUT2D eigenvalue weighted by Crippen LogP contribution is -2.46. The van der Waals surface area contributed by atoms with E-state index in [1.165, 1.54) is 0 Å². The first-order valence-corrected chi connectivity index (χ1v) is 8.42. The lowest BCUT2D eigenvalue weighted by Gasteiger charge is -2.34. The van der Waals surface area contributed by atoms with Crippen molar-refractivity contribution < 1.29 is 0 Å². The van der Waals surface area contributed by atoms with Crippen molar-refractivity contribution in [1.82, 2.24) is 14.9 Å². The van der Waals surface area contributed by atoms with Crippen LogP contribution in [0.1, 0.15) is 6.92 Å².